The zero-order chi connectivity index (χ0) is 16.6. The Labute approximate surface area is 142 Å². The van der Waals surface area contributed by atoms with E-state index in [0.717, 1.165) is 26.6 Å². The van der Waals surface area contributed by atoms with Gasteiger partial charge in [0.15, 0.2) is 0 Å². The van der Waals surface area contributed by atoms with Gasteiger partial charge in [-0.05, 0) is 36.8 Å². The second-order valence-electron chi connectivity index (χ2n) is 5.37. The molecule has 1 amide bonds. The Kier molecular flexibility index (Phi) is 4.05. The number of carbonyl (C=O) groups is 2. The van der Waals surface area contributed by atoms with Crippen molar-refractivity contribution in [3.05, 3.63) is 64.3 Å². The van der Waals surface area contributed by atoms with Gasteiger partial charge in [-0.2, -0.15) is 0 Å². The van der Waals surface area contributed by atoms with Gasteiger partial charge >= 0.3 is 0 Å². The molecule has 0 radical (unpaired) electrons. The lowest BCUT2D eigenvalue weighted by molar-refractivity contribution is 0.0941. The van der Waals surface area contributed by atoms with Crippen LogP contribution in [0.4, 0.5) is 5.69 Å². The summed E-state index contributed by atoms with van der Waals surface area (Å²) in [4.78, 5) is 24.4. The van der Waals surface area contributed by atoms with E-state index in [0.29, 0.717) is 5.56 Å². The van der Waals surface area contributed by atoms with Gasteiger partial charge in [0.2, 0.25) is 5.91 Å². The molecule has 23 heavy (non-hydrogen) atoms. The van der Waals surface area contributed by atoms with E-state index in [9.17, 15) is 9.59 Å². The van der Waals surface area contributed by atoms with Gasteiger partial charge in [0, 0.05) is 28.7 Å². The highest BCUT2D eigenvalue weighted by atomic mass is 79.9. The van der Waals surface area contributed by atoms with E-state index in [2.05, 4.69) is 21.2 Å². The zero-order valence-corrected chi connectivity index (χ0v) is 14.3. The van der Waals surface area contributed by atoms with Gasteiger partial charge in [-0.3, -0.25) is 14.2 Å². The van der Waals surface area contributed by atoms with E-state index in [1.165, 1.54) is 11.5 Å². The Morgan fingerprint density at radius 2 is 1.87 bits per heavy atom. The van der Waals surface area contributed by atoms with Gasteiger partial charge in [0.05, 0.1) is 11.1 Å². The lowest BCUT2D eigenvalue weighted by atomic mass is 10.1. The number of carbonyl (C=O) groups excluding carboxylic acids is 2. The van der Waals surface area contributed by atoms with Crippen LogP contribution >= 0.6 is 15.9 Å². The molecule has 0 aliphatic carbocycles. The number of halogens is 1. The Morgan fingerprint density at radius 3 is 2.57 bits per heavy atom. The average Bonchev–Trinajstić information content (AvgIpc) is 2.91. The van der Waals surface area contributed by atoms with E-state index in [1.54, 1.807) is 6.20 Å². The highest BCUT2D eigenvalue weighted by Gasteiger charge is 2.16. The first-order valence-electron chi connectivity index (χ1n) is 7.16. The molecule has 0 unspecified atom stereocenters. The van der Waals surface area contributed by atoms with Crippen LogP contribution < -0.4 is 5.32 Å². The minimum atomic E-state index is -0.233. The molecular formula is C18H15BrN2O2. The fourth-order valence-electron chi connectivity index (χ4n) is 2.54. The number of nitrogens with one attached hydrogen (secondary N) is 1. The van der Waals surface area contributed by atoms with E-state index in [4.69, 9.17) is 0 Å². The maximum absolute atomic E-state index is 12.6. The number of aromatic nitrogens is 1. The highest BCUT2D eigenvalue weighted by molar-refractivity contribution is 9.10. The van der Waals surface area contributed by atoms with Crippen molar-refractivity contribution in [3.63, 3.8) is 0 Å². The minimum absolute atomic E-state index is 0.125. The predicted octanol–water partition coefficient (Wildman–Crippen LogP) is 4.62. The van der Waals surface area contributed by atoms with Crippen molar-refractivity contribution in [2.45, 2.75) is 13.8 Å². The van der Waals surface area contributed by atoms with Crippen molar-refractivity contribution in [2.24, 2.45) is 0 Å². The Bertz CT molecular complexity index is 928. The zero-order valence-electron chi connectivity index (χ0n) is 12.8. The first kappa shape index (κ1) is 15.5. The Morgan fingerprint density at radius 1 is 1.13 bits per heavy atom. The molecule has 116 valence electrons. The van der Waals surface area contributed by atoms with Crippen molar-refractivity contribution in [1.82, 2.24) is 4.57 Å². The Balaban J connectivity index is 2.01. The number of fused-ring (bicyclic) bond motifs is 1. The molecule has 1 heterocycles. The number of aryl methyl sites for hydroxylation is 1. The number of amides is 1. The maximum Gasteiger partial charge on any atom is 0.257 e. The number of benzene rings is 2. The second kappa shape index (κ2) is 6.01. The summed E-state index contributed by atoms with van der Waals surface area (Å²) in [6.07, 6.45) is 1.59. The van der Waals surface area contributed by atoms with E-state index in [1.807, 2.05) is 49.4 Å². The normalized spacial score (nSPS) is 10.7. The molecule has 0 saturated heterocycles. The summed E-state index contributed by atoms with van der Waals surface area (Å²) in [5, 5.41) is 3.64. The smallest absolute Gasteiger partial charge is 0.257 e. The largest absolute Gasteiger partial charge is 0.322 e. The van der Waals surface area contributed by atoms with Crippen LogP contribution in [0.5, 0.6) is 0 Å². The van der Waals surface area contributed by atoms with Crippen molar-refractivity contribution >= 4 is 44.3 Å². The van der Waals surface area contributed by atoms with Crippen LogP contribution in [0.1, 0.15) is 27.6 Å². The number of rotatable bonds is 2. The fourth-order valence-corrected chi connectivity index (χ4v) is 2.79. The van der Waals surface area contributed by atoms with Gasteiger partial charge in [-0.1, -0.05) is 34.1 Å². The highest BCUT2D eigenvalue weighted by Crippen LogP contribution is 2.24. The second-order valence-corrected chi connectivity index (χ2v) is 6.22. The summed E-state index contributed by atoms with van der Waals surface area (Å²) in [6, 6.07) is 13.0. The average molecular weight is 371 g/mol. The van der Waals surface area contributed by atoms with Gasteiger partial charge in [0.25, 0.3) is 5.91 Å². The van der Waals surface area contributed by atoms with Crippen LogP contribution in [0.15, 0.2) is 53.1 Å². The number of hydrogen-bond acceptors (Lipinski definition) is 2. The first-order chi connectivity index (χ1) is 11.0. The van der Waals surface area contributed by atoms with Crippen molar-refractivity contribution < 1.29 is 9.59 Å². The number of hydrogen-bond donors (Lipinski definition) is 1. The summed E-state index contributed by atoms with van der Waals surface area (Å²) in [5.41, 5.74) is 2.97. The molecule has 0 saturated carbocycles. The van der Waals surface area contributed by atoms with E-state index < -0.39 is 0 Å². The summed E-state index contributed by atoms with van der Waals surface area (Å²) in [7, 11) is 0. The van der Waals surface area contributed by atoms with Crippen LogP contribution in [-0.2, 0) is 0 Å². The van der Waals surface area contributed by atoms with Crippen LogP contribution in [0.25, 0.3) is 10.9 Å². The van der Waals surface area contributed by atoms with Gasteiger partial charge in [0.1, 0.15) is 0 Å². The third-order valence-electron chi connectivity index (χ3n) is 3.71. The first-order valence-corrected chi connectivity index (χ1v) is 7.95. The quantitative estimate of drug-likeness (QED) is 0.715. The van der Waals surface area contributed by atoms with Crippen LogP contribution in [0.3, 0.4) is 0 Å². The molecule has 1 N–H and O–H groups in total. The molecule has 0 spiro atoms. The van der Waals surface area contributed by atoms with E-state index in [-0.39, 0.29) is 11.8 Å². The molecule has 4 nitrogen and oxygen atoms in total. The third-order valence-corrected chi connectivity index (χ3v) is 4.60. The summed E-state index contributed by atoms with van der Waals surface area (Å²) >= 11 is 3.44. The molecular weight excluding hydrogens is 356 g/mol. The number of para-hydroxylation sites is 1. The van der Waals surface area contributed by atoms with Crippen LogP contribution in [0, 0.1) is 6.92 Å². The molecule has 3 aromatic rings. The third kappa shape index (κ3) is 2.92. The molecule has 0 aliphatic rings. The monoisotopic (exact) mass is 370 g/mol. The lowest BCUT2D eigenvalue weighted by Gasteiger charge is -2.06. The molecule has 3 rings (SSSR count). The lowest BCUT2D eigenvalue weighted by Crippen LogP contribution is -2.12. The Hall–Kier alpha value is -2.40. The summed E-state index contributed by atoms with van der Waals surface area (Å²) in [5.74, 6) is -0.359. The summed E-state index contributed by atoms with van der Waals surface area (Å²) < 4.78 is 2.49. The molecule has 1 aromatic heterocycles. The van der Waals surface area contributed by atoms with Gasteiger partial charge in [-0.15, -0.1) is 0 Å². The number of nitrogens with zero attached hydrogens (tertiary/aromatic N) is 1. The molecule has 2 aromatic carbocycles. The molecule has 0 atom stereocenters. The minimum Gasteiger partial charge on any atom is -0.322 e. The van der Waals surface area contributed by atoms with Gasteiger partial charge in [-0.25, -0.2) is 0 Å². The van der Waals surface area contributed by atoms with Crippen molar-refractivity contribution in [3.8, 4) is 0 Å². The topological polar surface area (TPSA) is 51.1 Å². The SMILES string of the molecule is CC(=O)n1cc(C(=O)Nc2ccc(Br)c(C)c2)c2ccccc21. The molecule has 0 fully saturated rings. The van der Waals surface area contributed by atoms with Crippen LogP contribution in [-0.4, -0.2) is 16.4 Å². The molecule has 0 bridgehead atoms. The van der Waals surface area contributed by atoms with Crippen molar-refractivity contribution in [1.29, 1.82) is 0 Å². The molecule has 0 aliphatic heterocycles. The number of anilines is 1. The van der Waals surface area contributed by atoms with Crippen molar-refractivity contribution in [2.75, 3.05) is 5.32 Å². The fraction of sp³-hybridized carbons (Fsp3) is 0.111. The van der Waals surface area contributed by atoms with Crippen LogP contribution in [0.2, 0.25) is 0 Å². The predicted molar refractivity (Wildman–Crippen MR) is 95.1 cm³/mol. The van der Waals surface area contributed by atoms with E-state index >= 15 is 0 Å². The maximum atomic E-state index is 12.6. The molecule has 5 heteroatoms. The van der Waals surface area contributed by atoms with Gasteiger partial charge < -0.3 is 5.32 Å². The standard InChI is InChI=1S/C18H15BrN2O2/c1-11-9-13(7-8-16(11)19)20-18(23)15-10-21(12(2)22)17-6-4-3-5-14(15)17/h3-10H,1-2H3,(H,20,23). The summed E-state index contributed by atoms with van der Waals surface area (Å²) in [6.45, 7) is 3.44.